The van der Waals surface area contributed by atoms with Crippen LogP contribution in [0.25, 0.3) is 0 Å². The maximum atomic E-state index is 8.96. The molecule has 0 bridgehead atoms. The Hall–Kier alpha value is -1.49. The van der Waals surface area contributed by atoms with Gasteiger partial charge in [0.1, 0.15) is 0 Å². The zero-order chi connectivity index (χ0) is 10.9. The quantitative estimate of drug-likeness (QED) is 0.814. The fourth-order valence-corrected chi connectivity index (χ4v) is 1.76. The van der Waals surface area contributed by atoms with Crippen LogP contribution in [0.5, 0.6) is 0 Å². The lowest BCUT2D eigenvalue weighted by atomic mass is 10.1. The summed E-state index contributed by atoms with van der Waals surface area (Å²) in [5, 5.41) is 12.3. The van der Waals surface area contributed by atoms with Gasteiger partial charge in [-0.15, -0.1) is 0 Å². The molecule has 2 heteroatoms. The molecule has 2 nitrogen and oxygen atoms in total. The number of aryl methyl sites for hydroxylation is 2. The fraction of sp³-hybridized carbons (Fsp3) is 0.462. The third kappa shape index (κ3) is 2.12. The van der Waals surface area contributed by atoms with E-state index in [-0.39, 0.29) is 5.41 Å². The van der Waals surface area contributed by atoms with Crippen molar-refractivity contribution in [2.75, 3.05) is 11.9 Å². The topological polar surface area (TPSA) is 35.8 Å². The molecular weight excluding hydrogens is 184 g/mol. The van der Waals surface area contributed by atoms with Crippen LogP contribution in [-0.2, 0) is 0 Å². The van der Waals surface area contributed by atoms with Gasteiger partial charge in [0, 0.05) is 12.2 Å². The van der Waals surface area contributed by atoms with E-state index in [1.807, 2.05) is 0 Å². The molecule has 0 radical (unpaired) electrons. The van der Waals surface area contributed by atoms with Crippen LogP contribution in [0, 0.1) is 30.6 Å². The number of nitriles is 1. The highest BCUT2D eigenvalue weighted by Crippen LogP contribution is 2.44. The largest absolute Gasteiger partial charge is 0.383 e. The van der Waals surface area contributed by atoms with Gasteiger partial charge in [-0.1, -0.05) is 17.7 Å². The summed E-state index contributed by atoms with van der Waals surface area (Å²) < 4.78 is 0. The lowest BCUT2D eigenvalue weighted by Gasteiger charge is -2.12. The molecule has 0 saturated heterocycles. The standard InChI is InChI=1S/C13H16N2/c1-10-3-4-12(11(2)7-10)15-9-13(8-14)5-6-13/h3-4,7,15H,5-6,9H2,1-2H3. The molecule has 1 N–H and O–H groups in total. The molecule has 15 heavy (non-hydrogen) atoms. The average Bonchev–Trinajstić information content (AvgIpc) is 2.97. The van der Waals surface area contributed by atoms with E-state index < -0.39 is 0 Å². The van der Waals surface area contributed by atoms with Gasteiger partial charge in [-0.05, 0) is 38.3 Å². The van der Waals surface area contributed by atoms with Crippen LogP contribution in [-0.4, -0.2) is 6.54 Å². The molecule has 78 valence electrons. The SMILES string of the molecule is Cc1ccc(NCC2(C#N)CC2)c(C)c1. The molecule has 0 heterocycles. The van der Waals surface area contributed by atoms with Gasteiger partial charge in [0.05, 0.1) is 11.5 Å². The minimum Gasteiger partial charge on any atom is -0.383 e. The molecule has 0 aromatic heterocycles. The van der Waals surface area contributed by atoms with E-state index in [1.165, 1.54) is 11.1 Å². The monoisotopic (exact) mass is 200 g/mol. The Morgan fingerprint density at radius 3 is 2.67 bits per heavy atom. The fourth-order valence-electron chi connectivity index (χ4n) is 1.76. The molecular formula is C13H16N2. The van der Waals surface area contributed by atoms with E-state index in [9.17, 15) is 0 Å². The number of benzene rings is 1. The first kappa shape index (κ1) is 10.0. The first-order valence-corrected chi connectivity index (χ1v) is 5.38. The summed E-state index contributed by atoms with van der Waals surface area (Å²) in [7, 11) is 0. The van der Waals surface area contributed by atoms with Crippen molar-refractivity contribution in [3.05, 3.63) is 29.3 Å². The van der Waals surface area contributed by atoms with Crippen LogP contribution in [0.2, 0.25) is 0 Å². The summed E-state index contributed by atoms with van der Waals surface area (Å²) in [4.78, 5) is 0. The van der Waals surface area contributed by atoms with Gasteiger partial charge in [0.15, 0.2) is 0 Å². The summed E-state index contributed by atoms with van der Waals surface area (Å²) in [5.74, 6) is 0. The molecule has 1 saturated carbocycles. The van der Waals surface area contributed by atoms with Crippen molar-refractivity contribution in [1.29, 1.82) is 5.26 Å². The van der Waals surface area contributed by atoms with Gasteiger partial charge < -0.3 is 5.32 Å². The number of nitrogens with one attached hydrogen (secondary N) is 1. The van der Waals surface area contributed by atoms with Crippen LogP contribution in [0.4, 0.5) is 5.69 Å². The number of anilines is 1. The summed E-state index contributed by atoms with van der Waals surface area (Å²) in [6.07, 6.45) is 2.09. The second-order valence-corrected chi connectivity index (χ2v) is 4.56. The molecule has 1 aromatic rings. The lowest BCUT2D eigenvalue weighted by molar-refractivity contribution is 0.711. The van der Waals surface area contributed by atoms with Crippen molar-refractivity contribution < 1.29 is 0 Å². The Labute approximate surface area is 90.9 Å². The maximum Gasteiger partial charge on any atom is 0.0747 e. The van der Waals surface area contributed by atoms with Crippen molar-refractivity contribution in [3.63, 3.8) is 0 Å². The molecule has 0 atom stereocenters. The van der Waals surface area contributed by atoms with Crippen LogP contribution < -0.4 is 5.32 Å². The van der Waals surface area contributed by atoms with Crippen LogP contribution >= 0.6 is 0 Å². The van der Waals surface area contributed by atoms with Gasteiger partial charge in [-0.25, -0.2) is 0 Å². The zero-order valence-electron chi connectivity index (χ0n) is 9.30. The summed E-state index contributed by atoms with van der Waals surface area (Å²) in [6.45, 7) is 4.98. The minimum absolute atomic E-state index is 0.0721. The van der Waals surface area contributed by atoms with E-state index >= 15 is 0 Å². The third-order valence-electron chi connectivity index (χ3n) is 3.09. The molecule has 2 rings (SSSR count). The number of rotatable bonds is 3. The molecule has 0 aliphatic heterocycles. The van der Waals surface area contributed by atoms with Crippen molar-refractivity contribution in [2.24, 2.45) is 5.41 Å². The van der Waals surface area contributed by atoms with Gasteiger partial charge in [-0.2, -0.15) is 5.26 Å². The first-order valence-electron chi connectivity index (χ1n) is 5.38. The number of hydrogen-bond donors (Lipinski definition) is 1. The third-order valence-corrected chi connectivity index (χ3v) is 3.09. The number of nitrogens with zero attached hydrogens (tertiary/aromatic N) is 1. The second-order valence-electron chi connectivity index (χ2n) is 4.56. The van der Waals surface area contributed by atoms with E-state index in [2.05, 4.69) is 43.4 Å². The van der Waals surface area contributed by atoms with Gasteiger partial charge >= 0.3 is 0 Å². The second kappa shape index (κ2) is 3.58. The van der Waals surface area contributed by atoms with Crippen LogP contribution in [0.3, 0.4) is 0 Å². The van der Waals surface area contributed by atoms with Crippen molar-refractivity contribution in [1.82, 2.24) is 0 Å². The minimum atomic E-state index is -0.0721. The number of hydrogen-bond acceptors (Lipinski definition) is 2. The predicted octanol–water partition coefficient (Wildman–Crippen LogP) is 3.02. The Balaban J connectivity index is 2.03. The normalized spacial score (nSPS) is 16.9. The van der Waals surface area contributed by atoms with E-state index in [4.69, 9.17) is 5.26 Å². The summed E-state index contributed by atoms with van der Waals surface area (Å²) in [6, 6.07) is 8.75. The maximum absolute atomic E-state index is 8.96. The molecule has 0 spiro atoms. The molecule has 1 fully saturated rings. The molecule has 1 aromatic carbocycles. The van der Waals surface area contributed by atoms with E-state index in [0.717, 1.165) is 25.1 Å². The smallest absolute Gasteiger partial charge is 0.0747 e. The van der Waals surface area contributed by atoms with E-state index in [0.29, 0.717) is 0 Å². The highest BCUT2D eigenvalue weighted by atomic mass is 14.9. The predicted molar refractivity (Wildman–Crippen MR) is 61.7 cm³/mol. The molecule has 1 aliphatic rings. The average molecular weight is 200 g/mol. The van der Waals surface area contributed by atoms with Crippen molar-refractivity contribution in [2.45, 2.75) is 26.7 Å². The van der Waals surface area contributed by atoms with Gasteiger partial charge in [-0.3, -0.25) is 0 Å². The van der Waals surface area contributed by atoms with Crippen molar-refractivity contribution in [3.8, 4) is 6.07 Å². The zero-order valence-corrected chi connectivity index (χ0v) is 9.30. The highest BCUT2D eigenvalue weighted by molar-refractivity contribution is 5.52. The van der Waals surface area contributed by atoms with Crippen LogP contribution in [0.15, 0.2) is 18.2 Å². The summed E-state index contributed by atoms with van der Waals surface area (Å²) >= 11 is 0. The Bertz CT molecular complexity index is 411. The molecule has 1 aliphatic carbocycles. The highest BCUT2D eigenvalue weighted by Gasteiger charge is 2.42. The van der Waals surface area contributed by atoms with Crippen LogP contribution in [0.1, 0.15) is 24.0 Å². The van der Waals surface area contributed by atoms with E-state index in [1.54, 1.807) is 0 Å². The lowest BCUT2D eigenvalue weighted by Crippen LogP contribution is -2.13. The first-order chi connectivity index (χ1) is 7.15. The molecule has 0 unspecified atom stereocenters. The Morgan fingerprint density at radius 2 is 2.13 bits per heavy atom. The van der Waals surface area contributed by atoms with Gasteiger partial charge in [0.25, 0.3) is 0 Å². The van der Waals surface area contributed by atoms with Gasteiger partial charge in [0.2, 0.25) is 0 Å². The summed E-state index contributed by atoms with van der Waals surface area (Å²) in [5.41, 5.74) is 3.61. The Kier molecular flexibility index (Phi) is 2.40. The molecule has 0 amide bonds. The Morgan fingerprint density at radius 1 is 1.40 bits per heavy atom. The van der Waals surface area contributed by atoms with Crippen molar-refractivity contribution >= 4 is 5.69 Å².